The predicted molar refractivity (Wildman–Crippen MR) is 274 cm³/mol. The molecule has 0 amide bonds. The highest BCUT2D eigenvalue weighted by Crippen LogP contribution is 2.48. The molecule has 0 aliphatic carbocycles. The summed E-state index contributed by atoms with van der Waals surface area (Å²) in [5, 5.41) is 15.0. The van der Waals surface area contributed by atoms with E-state index in [0.29, 0.717) is 33.2 Å². The van der Waals surface area contributed by atoms with Crippen LogP contribution in [0.2, 0.25) is 33.2 Å². The van der Waals surface area contributed by atoms with E-state index in [4.69, 9.17) is 0 Å². The quantitative estimate of drug-likeness (QED) is 0.0901. The number of rotatable bonds is 11. The normalized spacial score (nSPS) is 12.9. The molecule has 0 unspecified atom stereocenters. The lowest BCUT2D eigenvalue weighted by Gasteiger charge is -2.48. The van der Waals surface area contributed by atoms with Gasteiger partial charge in [-0.1, -0.05) is 198 Å². The molecular weight excluding hydrogens is 753 g/mol. The Kier molecular flexibility index (Phi) is 11.4. The van der Waals surface area contributed by atoms with Crippen molar-refractivity contribution in [3.05, 3.63) is 146 Å². The first-order valence-electron chi connectivity index (χ1n) is 22.8. The number of hydrogen-bond acceptors (Lipinski definition) is 0. The lowest BCUT2D eigenvalue weighted by Crippen LogP contribution is -2.59. The minimum absolute atomic E-state index is 0.582. The molecule has 0 spiro atoms. The summed E-state index contributed by atoms with van der Waals surface area (Å²) in [5.41, 5.74) is 11.0. The maximum Gasteiger partial charge on any atom is 0.0958 e. The summed E-state index contributed by atoms with van der Waals surface area (Å²) in [5.74, 6) is 0. The van der Waals surface area contributed by atoms with Gasteiger partial charge in [-0.05, 0) is 150 Å². The summed E-state index contributed by atoms with van der Waals surface area (Å²) < 4.78 is 0. The molecule has 8 aromatic rings. The van der Waals surface area contributed by atoms with Gasteiger partial charge in [0.25, 0.3) is 0 Å². The molecule has 306 valence electrons. The molecule has 0 atom stereocenters. The Morgan fingerprint density at radius 2 is 0.517 bits per heavy atom. The van der Waals surface area contributed by atoms with E-state index in [1.54, 1.807) is 21.1 Å². The fourth-order valence-corrected chi connectivity index (χ4v) is 27.0. The molecule has 0 aliphatic rings. The Morgan fingerprint density at radius 3 is 0.867 bits per heavy atom. The van der Waals surface area contributed by atoms with Crippen LogP contribution >= 0.6 is 0 Å². The molecule has 0 aromatic heterocycles. The van der Waals surface area contributed by atoms with Gasteiger partial charge in [0.2, 0.25) is 0 Å². The van der Waals surface area contributed by atoms with Crippen molar-refractivity contribution in [2.24, 2.45) is 0 Å². The van der Waals surface area contributed by atoms with E-state index in [2.05, 4.69) is 229 Å². The second-order valence-electron chi connectivity index (χ2n) is 19.8. The highest BCUT2D eigenvalue weighted by Gasteiger charge is 2.50. The molecule has 0 radical (unpaired) electrons. The third-order valence-electron chi connectivity index (χ3n) is 15.1. The summed E-state index contributed by atoms with van der Waals surface area (Å²) in [6.45, 7) is 30.6. The van der Waals surface area contributed by atoms with Crippen LogP contribution in [-0.2, 0) is 0 Å². The second kappa shape index (κ2) is 16.3. The molecular formula is C58H66Si2. The first-order chi connectivity index (χ1) is 28.7. The van der Waals surface area contributed by atoms with Crippen LogP contribution in [0.25, 0.3) is 76.5 Å². The Bertz CT molecular complexity index is 2760. The summed E-state index contributed by atoms with van der Waals surface area (Å²) in [7, 11) is -4.37. The van der Waals surface area contributed by atoms with Gasteiger partial charge in [-0.15, -0.1) is 0 Å². The average molecular weight is 819 g/mol. The van der Waals surface area contributed by atoms with Crippen LogP contribution < -0.4 is 10.4 Å². The zero-order valence-electron chi connectivity index (χ0n) is 38.3. The molecule has 0 fully saturated rings. The Labute approximate surface area is 363 Å². The smallest absolute Gasteiger partial charge is 0.0648 e. The molecule has 8 aromatic carbocycles. The van der Waals surface area contributed by atoms with E-state index in [1.165, 1.54) is 65.7 Å². The second-order valence-corrected chi connectivity index (χ2v) is 31.4. The standard InChI is InChI=1S/C58H66Si2/c1-37(2)59(38(3)4,39(5)6)57-53-33-48-20-16-17-21-49(48)34-54(53)58(60(40(7)8,41(9)10)42(11)12)56-36-52-32-50(30-31-51(52)35-55(56)57)47-28-26-46(27-29-47)45-24-22-44(23-25-45)43-18-14-13-15-19-43/h13-42H,1-12H3. The van der Waals surface area contributed by atoms with E-state index in [1.807, 2.05) is 0 Å². The van der Waals surface area contributed by atoms with Crippen molar-refractivity contribution in [1.82, 2.24) is 0 Å². The summed E-state index contributed by atoms with van der Waals surface area (Å²) in [6.07, 6.45) is 0. The summed E-state index contributed by atoms with van der Waals surface area (Å²) >= 11 is 0. The van der Waals surface area contributed by atoms with Crippen molar-refractivity contribution in [3.63, 3.8) is 0 Å². The predicted octanol–water partition coefficient (Wildman–Crippen LogP) is 17.1. The van der Waals surface area contributed by atoms with Crippen LogP contribution in [0.15, 0.2) is 146 Å². The van der Waals surface area contributed by atoms with Crippen molar-refractivity contribution in [3.8, 4) is 33.4 Å². The van der Waals surface area contributed by atoms with Gasteiger partial charge in [-0.2, -0.15) is 0 Å². The van der Waals surface area contributed by atoms with E-state index >= 15 is 0 Å². The topological polar surface area (TPSA) is 0 Å². The maximum absolute atomic E-state index is 2.67. The van der Waals surface area contributed by atoms with E-state index in [-0.39, 0.29) is 0 Å². The number of fused-ring (bicyclic) bond motifs is 4. The lowest BCUT2D eigenvalue weighted by molar-refractivity contribution is 0.835. The van der Waals surface area contributed by atoms with Crippen LogP contribution in [0.1, 0.15) is 83.1 Å². The highest BCUT2D eigenvalue weighted by atomic mass is 28.3. The van der Waals surface area contributed by atoms with Gasteiger partial charge in [-0.25, -0.2) is 0 Å². The molecule has 0 N–H and O–H groups in total. The summed E-state index contributed by atoms with van der Waals surface area (Å²) in [6, 6.07) is 55.8. The van der Waals surface area contributed by atoms with Crippen molar-refractivity contribution < 1.29 is 0 Å². The van der Waals surface area contributed by atoms with Crippen LogP contribution in [0.4, 0.5) is 0 Å². The van der Waals surface area contributed by atoms with Gasteiger partial charge in [0.1, 0.15) is 0 Å². The zero-order chi connectivity index (χ0) is 42.7. The molecule has 2 heteroatoms. The van der Waals surface area contributed by atoms with E-state index < -0.39 is 16.1 Å². The Balaban J connectivity index is 1.41. The van der Waals surface area contributed by atoms with Crippen molar-refractivity contribution >= 4 is 69.6 Å². The largest absolute Gasteiger partial charge is 0.0958 e. The van der Waals surface area contributed by atoms with Gasteiger partial charge in [0.05, 0.1) is 16.1 Å². The van der Waals surface area contributed by atoms with Crippen LogP contribution in [0.3, 0.4) is 0 Å². The lowest BCUT2D eigenvalue weighted by atomic mass is 9.94. The Hall–Kier alpha value is -4.77. The van der Waals surface area contributed by atoms with Gasteiger partial charge in [0, 0.05) is 0 Å². The minimum atomic E-state index is -2.19. The van der Waals surface area contributed by atoms with Crippen LogP contribution in [0.5, 0.6) is 0 Å². The first kappa shape index (κ1) is 41.9. The summed E-state index contributed by atoms with van der Waals surface area (Å²) in [4.78, 5) is 0. The zero-order valence-corrected chi connectivity index (χ0v) is 40.3. The average Bonchev–Trinajstić information content (AvgIpc) is 3.23. The first-order valence-corrected chi connectivity index (χ1v) is 27.3. The molecule has 8 rings (SSSR count). The molecule has 0 bridgehead atoms. The molecule has 0 nitrogen and oxygen atoms in total. The van der Waals surface area contributed by atoms with Gasteiger partial charge < -0.3 is 0 Å². The van der Waals surface area contributed by atoms with Crippen molar-refractivity contribution in [2.45, 2.75) is 116 Å². The number of benzene rings is 8. The molecule has 0 aliphatic heterocycles. The third-order valence-corrected chi connectivity index (χ3v) is 29.4. The van der Waals surface area contributed by atoms with Crippen LogP contribution in [-0.4, -0.2) is 16.1 Å². The minimum Gasteiger partial charge on any atom is -0.0648 e. The van der Waals surface area contributed by atoms with E-state index in [0.717, 1.165) is 0 Å². The number of hydrogen-bond donors (Lipinski definition) is 0. The SMILES string of the molecule is CC(C)[Si](c1c2cc3ccccc3cc2c([Si](C(C)C)(C(C)C)C(C)C)c2cc3cc(-c4ccc(-c5ccc(-c6ccccc6)cc5)cc4)ccc3cc12)(C(C)C)C(C)C. The third kappa shape index (κ3) is 6.70. The Morgan fingerprint density at radius 1 is 0.250 bits per heavy atom. The van der Waals surface area contributed by atoms with Crippen molar-refractivity contribution in [2.75, 3.05) is 0 Å². The molecule has 0 saturated heterocycles. The monoisotopic (exact) mass is 818 g/mol. The fraction of sp³-hybridized carbons (Fsp3) is 0.310. The van der Waals surface area contributed by atoms with Gasteiger partial charge in [-0.3, -0.25) is 0 Å². The van der Waals surface area contributed by atoms with Crippen molar-refractivity contribution in [1.29, 1.82) is 0 Å². The van der Waals surface area contributed by atoms with Gasteiger partial charge >= 0.3 is 0 Å². The fourth-order valence-electron chi connectivity index (χ4n) is 12.8. The van der Waals surface area contributed by atoms with Gasteiger partial charge in [0.15, 0.2) is 0 Å². The van der Waals surface area contributed by atoms with E-state index in [9.17, 15) is 0 Å². The van der Waals surface area contributed by atoms with Crippen LogP contribution in [0, 0.1) is 0 Å². The highest BCUT2D eigenvalue weighted by molar-refractivity contribution is 7.01. The molecule has 0 heterocycles. The maximum atomic E-state index is 2.67. The molecule has 60 heavy (non-hydrogen) atoms. The molecule has 0 saturated carbocycles.